The molecule has 3 heteroatoms. The molecular formula is C12H24N2O. The van der Waals surface area contributed by atoms with Gasteiger partial charge in [-0.05, 0) is 53.1 Å². The zero-order valence-electron chi connectivity index (χ0n) is 10.5. The molecule has 0 aliphatic carbocycles. The Morgan fingerprint density at radius 2 is 2.13 bits per heavy atom. The van der Waals surface area contributed by atoms with Gasteiger partial charge in [0.05, 0.1) is 0 Å². The van der Waals surface area contributed by atoms with Crippen molar-refractivity contribution in [1.82, 2.24) is 10.2 Å². The van der Waals surface area contributed by atoms with Crippen molar-refractivity contribution in [1.29, 1.82) is 0 Å². The number of nitrogens with zero attached hydrogens (tertiary/aromatic N) is 1. The fourth-order valence-corrected chi connectivity index (χ4v) is 2.17. The third-order valence-corrected chi connectivity index (χ3v) is 2.71. The first-order valence-electron chi connectivity index (χ1n) is 5.86. The highest BCUT2D eigenvalue weighted by atomic mass is 16.1. The highest BCUT2D eigenvalue weighted by Crippen LogP contribution is 2.18. The molecule has 0 aromatic heterocycles. The fraction of sp³-hybridized carbons (Fsp3) is 0.917. The van der Waals surface area contributed by atoms with E-state index < -0.39 is 0 Å². The van der Waals surface area contributed by atoms with E-state index in [1.807, 2.05) is 20.8 Å². The molecule has 1 aliphatic heterocycles. The zero-order valence-corrected chi connectivity index (χ0v) is 10.5. The number of carbonyl (C=O) groups is 1. The monoisotopic (exact) mass is 212 g/mol. The second-order valence-electron chi connectivity index (χ2n) is 5.77. The zero-order chi connectivity index (χ0) is 11.5. The van der Waals surface area contributed by atoms with Gasteiger partial charge >= 0.3 is 0 Å². The van der Waals surface area contributed by atoms with E-state index in [0.29, 0.717) is 12.3 Å². The predicted molar refractivity (Wildman–Crippen MR) is 62.7 cm³/mol. The van der Waals surface area contributed by atoms with Gasteiger partial charge in [-0.2, -0.15) is 0 Å². The Labute approximate surface area is 93.2 Å². The fourth-order valence-electron chi connectivity index (χ4n) is 2.17. The number of rotatable bonds is 2. The van der Waals surface area contributed by atoms with Crippen molar-refractivity contribution in [3.63, 3.8) is 0 Å². The number of likely N-dealkylation sites (tertiary alicyclic amines) is 1. The first-order valence-corrected chi connectivity index (χ1v) is 5.86. The first-order chi connectivity index (χ1) is 6.87. The minimum Gasteiger partial charge on any atom is -0.352 e. The Morgan fingerprint density at radius 1 is 1.47 bits per heavy atom. The molecule has 0 saturated carbocycles. The second kappa shape index (κ2) is 4.97. The molecule has 0 aromatic carbocycles. The van der Waals surface area contributed by atoms with Crippen LogP contribution in [0, 0.1) is 5.92 Å². The Kier molecular flexibility index (Phi) is 4.14. The van der Waals surface area contributed by atoms with E-state index in [4.69, 9.17) is 0 Å². The highest BCUT2D eigenvalue weighted by molar-refractivity contribution is 5.76. The standard InChI is InChI=1S/C12H24N2O/c1-12(2,3)13-11(15)8-10-6-5-7-14(4)9-10/h10H,5-9H2,1-4H3,(H,13,15). The van der Waals surface area contributed by atoms with Crippen molar-refractivity contribution in [3.05, 3.63) is 0 Å². The van der Waals surface area contributed by atoms with Gasteiger partial charge in [-0.15, -0.1) is 0 Å². The summed E-state index contributed by atoms with van der Waals surface area (Å²) in [6.07, 6.45) is 3.10. The van der Waals surface area contributed by atoms with Gasteiger partial charge in [-0.1, -0.05) is 0 Å². The smallest absolute Gasteiger partial charge is 0.220 e. The van der Waals surface area contributed by atoms with E-state index in [9.17, 15) is 4.79 Å². The average Bonchev–Trinajstić information content (AvgIpc) is 1.99. The van der Waals surface area contributed by atoms with Crippen LogP contribution in [-0.4, -0.2) is 36.5 Å². The van der Waals surface area contributed by atoms with Crippen molar-refractivity contribution >= 4 is 5.91 Å². The predicted octanol–water partition coefficient (Wildman–Crippen LogP) is 1.63. The molecule has 88 valence electrons. The van der Waals surface area contributed by atoms with E-state index in [1.165, 1.54) is 19.4 Å². The lowest BCUT2D eigenvalue weighted by atomic mass is 9.94. The van der Waals surface area contributed by atoms with Crippen molar-refractivity contribution in [2.45, 2.75) is 45.6 Å². The topological polar surface area (TPSA) is 32.3 Å². The van der Waals surface area contributed by atoms with Crippen LogP contribution >= 0.6 is 0 Å². The summed E-state index contributed by atoms with van der Waals surface area (Å²) in [4.78, 5) is 14.0. The molecular weight excluding hydrogens is 188 g/mol. The molecule has 1 N–H and O–H groups in total. The average molecular weight is 212 g/mol. The summed E-state index contributed by atoms with van der Waals surface area (Å²) in [7, 11) is 2.13. The molecule has 1 unspecified atom stereocenters. The summed E-state index contributed by atoms with van der Waals surface area (Å²) >= 11 is 0. The van der Waals surface area contributed by atoms with Crippen LogP contribution in [0.4, 0.5) is 0 Å². The maximum Gasteiger partial charge on any atom is 0.220 e. The van der Waals surface area contributed by atoms with Gasteiger partial charge in [0.15, 0.2) is 0 Å². The third-order valence-electron chi connectivity index (χ3n) is 2.71. The maximum atomic E-state index is 11.7. The van der Waals surface area contributed by atoms with Crippen LogP contribution in [0.15, 0.2) is 0 Å². The number of hydrogen-bond acceptors (Lipinski definition) is 2. The third kappa shape index (κ3) is 5.17. The van der Waals surface area contributed by atoms with Crippen molar-refractivity contribution < 1.29 is 4.79 Å². The van der Waals surface area contributed by atoms with Gasteiger partial charge in [0.2, 0.25) is 5.91 Å². The molecule has 1 heterocycles. The molecule has 0 spiro atoms. The van der Waals surface area contributed by atoms with E-state index in [-0.39, 0.29) is 11.4 Å². The summed E-state index contributed by atoms with van der Waals surface area (Å²) in [5.41, 5.74) is -0.0996. The number of amides is 1. The van der Waals surface area contributed by atoms with Crippen LogP contribution in [0.5, 0.6) is 0 Å². The van der Waals surface area contributed by atoms with Crippen LogP contribution in [0.2, 0.25) is 0 Å². The van der Waals surface area contributed by atoms with E-state index >= 15 is 0 Å². The van der Waals surface area contributed by atoms with E-state index in [0.717, 1.165) is 6.54 Å². The van der Waals surface area contributed by atoms with Crippen LogP contribution in [0.1, 0.15) is 40.0 Å². The quantitative estimate of drug-likeness (QED) is 0.754. The van der Waals surface area contributed by atoms with Gasteiger partial charge in [0.1, 0.15) is 0 Å². The molecule has 0 aromatic rings. The summed E-state index contributed by atoms with van der Waals surface area (Å²) < 4.78 is 0. The Balaban J connectivity index is 2.31. The Bertz CT molecular complexity index is 220. The molecule has 1 fully saturated rings. The lowest BCUT2D eigenvalue weighted by Crippen LogP contribution is -2.42. The van der Waals surface area contributed by atoms with Crippen LogP contribution in [0.25, 0.3) is 0 Å². The molecule has 3 nitrogen and oxygen atoms in total. The summed E-state index contributed by atoms with van der Waals surface area (Å²) in [6, 6.07) is 0. The molecule has 1 saturated heterocycles. The number of hydrogen-bond donors (Lipinski definition) is 1. The molecule has 0 bridgehead atoms. The van der Waals surface area contributed by atoms with Gasteiger partial charge in [0, 0.05) is 18.5 Å². The minimum atomic E-state index is -0.0996. The lowest BCUT2D eigenvalue weighted by molar-refractivity contribution is -0.123. The van der Waals surface area contributed by atoms with E-state index in [1.54, 1.807) is 0 Å². The highest BCUT2D eigenvalue weighted by Gasteiger charge is 2.21. The van der Waals surface area contributed by atoms with E-state index in [2.05, 4.69) is 17.3 Å². The Morgan fingerprint density at radius 3 is 2.67 bits per heavy atom. The maximum absolute atomic E-state index is 11.7. The molecule has 0 radical (unpaired) electrons. The normalized spacial score (nSPS) is 23.9. The molecule has 1 atom stereocenters. The van der Waals surface area contributed by atoms with Gasteiger partial charge in [0.25, 0.3) is 0 Å². The Hall–Kier alpha value is -0.570. The summed E-state index contributed by atoms with van der Waals surface area (Å²) in [5, 5.41) is 3.02. The molecule has 1 aliphatic rings. The number of nitrogens with one attached hydrogen (secondary N) is 1. The van der Waals surface area contributed by atoms with Gasteiger partial charge in [-0.3, -0.25) is 4.79 Å². The van der Waals surface area contributed by atoms with Crippen LogP contribution < -0.4 is 5.32 Å². The minimum absolute atomic E-state index is 0.0996. The molecule has 1 amide bonds. The van der Waals surface area contributed by atoms with Crippen LogP contribution in [-0.2, 0) is 4.79 Å². The summed E-state index contributed by atoms with van der Waals surface area (Å²) in [5.74, 6) is 0.744. The van der Waals surface area contributed by atoms with Crippen molar-refractivity contribution in [2.75, 3.05) is 20.1 Å². The van der Waals surface area contributed by atoms with Crippen molar-refractivity contribution in [3.8, 4) is 0 Å². The number of carbonyl (C=O) groups excluding carboxylic acids is 1. The van der Waals surface area contributed by atoms with Gasteiger partial charge in [-0.25, -0.2) is 0 Å². The largest absolute Gasteiger partial charge is 0.352 e. The van der Waals surface area contributed by atoms with Crippen molar-refractivity contribution in [2.24, 2.45) is 5.92 Å². The van der Waals surface area contributed by atoms with Crippen LogP contribution in [0.3, 0.4) is 0 Å². The van der Waals surface area contributed by atoms with Gasteiger partial charge < -0.3 is 10.2 Å². The SMILES string of the molecule is CN1CCCC(CC(=O)NC(C)(C)C)C1. The first kappa shape index (κ1) is 12.5. The summed E-state index contributed by atoms with van der Waals surface area (Å²) in [6.45, 7) is 8.32. The number of piperidine rings is 1. The second-order valence-corrected chi connectivity index (χ2v) is 5.77. The lowest BCUT2D eigenvalue weighted by Gasteiger charge is -2.30. The molecule has 1 rings (SSSR count). The molecule has 15 heavy (non-hydrogen) atoms.